The number of hydrogen-bond acceptors (Lipinski definition) is 5. The van der Waals surface area contributed by atoms with Crippen molar-refractivity contribution < 1.29 is 19.1 Å². The van der Waals surface area contributed by atoms with Crippen LogP contribution >= 0.6 is 11.8 Å². The first-order chi connectivity index (χ1) is 12.7. The number of carbonyl (C=O) groups excluding carboxylic acids is 3. The van der Waals surface area contributed by atoms with Gasteiger partial charge in [0.2, 0.25) is 5.91 Å². The van der Waals surface area contributed by atoms with E-state index in [0.29, 0.717) is 11.3 Å². The first-order valence-electron chi connectivity index (χ1n) is 8.63. The number of ether oxygens (including phenoxy) is 1. The molecule has 0 bridgehead atoms. The summed E-state index contributed by atoms with van der Waals surface area (Å²) in [6.45, 7) is 5.41. The van der Waals surface area contributed by atoms with Gasteiger partial charge in [-0.05, 0) is 44.7 Å². The van der Waals surface area contributed by atoms with E-state index < -0.39 is 23.6 Å². The molecule has 7 nitrogen and oxygen atoms in total. The maximum atomic E-state index is 12.7. The number of carbonyl (C=O) groups is 3. The molecule has 1 aromatic rings. The van der Waals surface area contributed by atoms with Crippen LogP contribution in [0.2, 0.25) is 0 Å². The highest BCUT2D eigenvalue weighted by Gasteiger charge is 2.42. The van der Waals surface area contributed by atoms with E-state index in [1.807, 2.05) is 51.3 Å². The summed E-state index contributed by atoms with van der Waals surface area (Å²) in [4.78, 5) is 39.7. The van der Waals surface area contributed by atoms with Crippen LogP contribution in [0.5, 0.6) is 0 Å². The Morgan fingerprint density at radius 3 is 2.56 bits per heavy atom. The number of benzene rings is 1. The Labute approximate surface area is 162 Å². The van der Waals surface area contributed by atoms with Gasteiger partial charge in [0, 0.05) is 10.4 Å². The summed E-state index contributed by atoms with van der Waals surface area (Å²) in [6, 6.07) is 6.64. The molecule has 2 aliphatic rings. The summed E-state index contributed by atoms with van der Waals surface area (Å²) in [7, 11) is 0. The van der Waals surface area contributed by atoms with E-state index in [1.54, 1.807) is 11.8 Å². The highest BCUT2D eigenvalue weighted by atomic mass is 32.2. The van der Waals surface area contributed by atoms with Gasteiger partial charge in [-0.15, -0.1) is 11.8 Å². The Hall–Kier alpha value is -2.48. The Morgan fingerprint density at radius 1 is 1.30 bits per heavy atom. The van der Waals surface area contributed by atoms with Gasteiger partial charge in [-0.25, -0.2) is 9.59 Å². The van der Waals surface area contributed by atoms with Crippen LogP contribution in [0.25, 0.3) is 0 Å². The summed E-state index contributed by atoms with van der Waals surface area (Å²) < 4.78 is 5.17. The largest absolute Gasteiger partial charge is 0.456 e. The van der Waals surface area contributed by atoms with Crippen molar-refractivity contribution in [3.05, 3.63) is 41.1 Å². The van der Waals surface area contributed by atoms with Gasteiger partial charge in [0.05, 0.1) is 17.3 Å². The van der Waals surface area contributed by atoms with Crippen molar-refractivity contribution in [2.24, 2.45) is 0 Å². The molecule has 0 aliphatic carbocycles. The van der Waals surface area contributed by atoms with Gasteiger partial charge < -0.3 is 15.4 Å². The maximum Gasteiger partial charge on any atom is 0.338 e. The highest BCUT2D eigenvalue weighted by Crippen LogP contribution is 2.35. The Bertz CT molecular complexity index is 811. The lowest BCUT2D eigenvalue weighted by molar-refractivity contribution is -0.136. The number of urea groups is 1. The van der Waals surface area contributed by atoms with E-state index in [-0.39, 0.29) is 19.1 Å². The van der Waals surface area contributed by atoms with Gasteiger partial charge in [-0.2, -0.15) is 0 Å². The smallest absolute Gasteiger partial charge is 0.338 e. The molecule has 2 aliphatic heterocycles. The fraction of sp³-hybridized carbons (Fsp3) is 0.421. The molecule has 0 fully saturated rings. The van der Waals surface area contributed by atoms with E-state index in [1.165, 1.54) is 4.90 Å². The average Bonchev–Trinajstić information content (AvgIpc) is 2.97. The standard InChI is InChI=1S/C19H23N3O4S/c1-19(2,3)21-14(23)9-22-13-10-26-17(24)15(13)16(20-18(22)25)11-5-7-12(27-4)8-6-11/h5-8,16H,9-10H2,1-4H3,(H,20,25)(H,21,23). The normalized spacial score (nSPS) is 19.6. The summed E-state index contributed by atoms with van der Waals surface area (Å²) in [5.74, 6) is -0.767. The van der Waals surface area contributed by atoms with Crippen molar-refractivity contribution in [2.75, 3.05) is 19.4 Å². The Morgan fingerprint density at radius 2 is 1.96 bits per heavy atom. The van der Waals surface area contributed by atoms with Gasteiger partial charge in [0.1, 0.15) is 13.2 Å². The molecule has 8 heteroatoms. The number of nitrogens with zero attached hydrogens (tertiary/aromatic N) is 1. The lowest BCUT2D eigenvalue weighted by atomic mass is 9.96. The van der Waals surface area contributed by atoms with Gasteiger partial charge >= 0.3 is 12.0 Å². The molecule has 3 amide bonds. The van der Waals surface area contributed by atoms with E-state index in [4.69, 9.17) is 4.74 Å². The quantitative estimate of drug-likeness (QED) is 0.609. The minimum atomic E-state index is -0.583. The van der Waals surface area contributed by atoms with Gasteiger partial charge in [0.25, 0.3) is 0 Å². The van der Waals surface area contributed by atoms with Crippen LogP contribution < -0.4 is 10.6 Å². The van der Waals surface area contributed by atoms with E-state index in [0.717, 1.165) is 10.5 Å². The molecule has 1 atom stereocenters. The third-order valence-corrected chi connectivity index (χ3v) is 5.01. The van der Waals surface area contributed by atoms with Crippen molar-refractivity contribution in [3.63, 3.8) is 0 Å². The number of thioether (sulfide) groups is 1. The lowest BCUT2D eigenvalue weighted by Gasteiger charge is -2.33. The summed E-state index contributed by atoms with van der Waals surface area (Å²) in [6.07, 6.45) is 1.98. The number of cyclic esters (lactones) is 1. The molecule has 0 saturated heterocycles. The number of nitrogens with one attached hydrogen (secondary N) is 2. The first kappa shape index (κ1) is 19.3. The first-order valence-corrected chi connectivity index (χ1v) is 9.85. The molecule has 0 aromatic heterocycles. The Kier molecular flexibility index (Phi) is 5.19. The van der Waals surface area contributed by atoms with Crippen LogP contribution in [0.1, 0.15) is 32.4 Å². The van der Waals surface area contributed by atoms with E-state index >= 15 is 0 Å². The average molecular weight is 389 g/mol. The summed E-state index contributed by atoms with van der Waals surface area (Å²) in [5.41, 5.74) is 1.22. The predicted octanol–water partition coefficient (Wildman–Crippen LogP) is 2.20. The third-order valence-electron chi connectivity index (χ3n) is 4.26. The second-order valence-electron chi connectivity index (χ2n) is 7.48. The van der Waals surface area contributed by atoms with Crippen LogP contribution in [0.3, 0.4) is 0 Å². The number of hydrogen-bond donors (Lipinski definition) is 2. The van der Waals surface area contributed by atoms with Crippen molar-refractivity contribution in [1.82, 2.24) is 15.5 Å². The molecule has 1 unspecified atom stereocenters. The number of rotatable bonds is 4. The van der Waals surface area contributed by atoms with Crippen LogP contribution in [0.15, 0.2) is 40.4 Å². The molecule has 144 valence electrons. The molecule has 2 N–H and O–H groups in total. The maximum absolute atomic E-state index is 12.7. The van der Waals surface area contributed by atoms with Crippen LogP contribution in [-0.2, 0) is 14.3 Å². The van der Waals surface area contributed by atoms with E-state index in [9.17, 15) is 14.4 Å². The molecular weight excluding hydrogens is 366 g/mol. The zero-order chi connectivity index (χ0) is 19.8. The SMILES string of the molecule is CSc1ccc(C2NC(=O)N(CC(=O)NC(C)(C)C)C3=C2C(=O)OC3)cc1. The number of amides is 3. The molecule has 2 heterocycles. The van der Waals surface area contributed by atoms with Crippen molar-refractivity contribution >= 4 is 29.7 Å². The van der Waals surface area contributed by atoms with Crippen molar-refractivity contribution in [3.8, 4) is 0 Å². The fourth-order valence-electron chi connectivity index (χ4n) is 3.13. The lowest BCUT2D eigenvalue weighted by Crippen LogP contribution is -2.52. The molecule has 3 rings (SSSR count). The topological polar surface area (TPSA) is 87.7 Å². The molecule has 1 aromatic carbocycles. The minimum Gasteiger partial charge on any atom is -0.456 e. The van der Waals surface area contributed by atoms with Gasteiger partial charge in [-0.1, -0.05) is 12.1 Å². The molecule has 0 saturated carbocycles. The predicted molar refractivity (Wildman–Crippen MR) is 102 cm³/mol. The molecule has 0 radical (unpaired) electrons. The third kappa shape index (κ3) is 4.10. The number of esters is 1. The van der Waals surface area contributed by atoms with E-state index in [2.05, 4.69) is 10.6 Å². The second-order valence-corrected chi connectivity index (χ2v) is 8.36. The van der Waals surface area contributed by atoms with Crippen LogP contribution in [0, 0.1) is 0 Å². The Balaban J connectivity index is 1.90. The van der Waals surface area contributed by atoms with Crippen molar-refractivity contribution in [1.29, 1.82) is 0 Å². The summed E-state index contributed by atoms with van der Waals surface area (Å²) >= 11 is 1.61. The highest BCUT2D eigenvalue weighted by molar-refractivity contribution is 7.98. The monoisotopic (exact) mass is 389 g/mol. The zero-order valence-electron chi connectivity index (χ0n) is 15.8. The second kappa shape index (κ2) is 7.26. The fourth-order valence-corrected chi connectivity index (χ4v) is 3.53. The van der Waals surface area contributed by atoms with Gasteiger partial charge in [-0.3, -0.25) is 9.69 Å². The minimum absolute atomic E-state index is 0.0101. The molecule has 0 spiro atoms. The molecular formula is C19H23N3O4S. The van der Waals surface area contributed by atoms with Gasteiger partial charge in [0.15, 0.2) is 0 Å². The van der Waals surface area contributed by atoms with Crippen molar-refractivity contribution in [2.45, 2.75) is 37.2 Å². The van der Waals surface area contributed by atoms with Crippen LogP contribution in [-0.4, -0.2) is 47.8 Å². The molecule has 27 heavy (non-hydrogen) atoms. The zero-order valence-corrected chi connectivity index (χ0v) is 16.6. The van der Waals surface area contributed by atoms with Crippen LogP contribution in [0.4, 0.5) is 4.79 Å². The summed E-state index contributed by atoms with van der Waals surface area (Å²) in [5, 5.41) is 5.65.